The second-order valence-electron chi connectivity index (χ2n) is 10.3. The Labute approximate surface area is 241 Å². The van der Waals surface area contributed by atoms with Gasteiger partial charge in [0.05, 0.1) is 16.8 Å². The molecule has 0 unspecified atom stereocenters. The van der Waals surface area contributed by atoms with Crippen molar-refractivity contribution < 1.29 is 22.8 Å². The zero-order valence-corrected chi connectivity index (χ0v) is 23.5. The van der Waals surface area contributed by atoms with E-state index >= 15 is 0 Å². The molecule has 4 aromatic rings. The molecule has 0 bridgehead atoms. The summed E-state index contributed by atoms with van der Waals surface area (Å²) in [6.07, 6.45) is 2.27. The summed E-state index contributed by atoms with van der Waals surface area (Å²) in [6.45, 7) is 5.68. The van der Waals surface area contributed by atoms with Gasteiger partial charge in [-0.3, -0.25) is 14.6 Å². The highest BCUT2D eigenvalue weighted by molar-refractivity contribution is 6.05. The maximum atomic E-state index is 13.3. The van der Waals surface area contributed by atoms with Crippen LogP contribution >= 0.6 is 0 Å². The van der Waals surface area contributed by atoms with Crippen LogP contribution in [-0.2, 0) is 23.8 Å². The van der Waals surface area contributed by atoms with Gasteiger partial charge >= 0.3 is 6.18 Å². The maximum absolute atomic E-state index is 13.3. The van der Waals surface area contributed by atoms with Crippen molar-refractivity contribution in [3.63, 3.8) is 0 Å². The molecule has 0 atom stereocenters. The molecule has 1 aliphatic rings. The highest BCUT2D eigenvalue weighted by Gasteiger charge is 2.32. The van der Waals surface area contributed by atoms with Crippen molar-refractivity contribution in [3.05, 3.63) is 89.0 Å². The number of benzene rings is 1. The second-order valence-corrected chi connectivity index (χ2v) is 10.3. The summed E-state index contributed by atoms with van der Waals surface area (Å²) >= 11 is 0. The van der Waals surface area contributed by atoms with Gasteiger partial charge in [0.25, 0.3) is 5.91 Å². The zero-order chi connectivity index (χ0) is 30.0. The van der Waals surface area contributed by atoms with Gasteiger partial charge in [0, 0.05) is 24.5 Å². The summed E-state index contributed by atoms with van der Waals surface area (Å²) in [5, 5.41) is 5.55. The van der Waals surface area contributed by atoms with Crippen molar-refractivity contribution in [2.75, 3.05) is 10.6 Å². The largest absolute Gasteiger partial charge is 0.417 e. The number of pyridine rings is 3. The Balaban J connectivity index is 1.46. The van der Waals surface area contributed by atoms with Crippen molar-refractivity contribution >= 4 is 23.5 Å². The first-order chi connectivity index (χ1) is 20.1. The maximum Gasteiger partial charge on any atom is 0.417 e. The van der Waals surface area contributed by atoms with Gasteiger partial charge in [-0.25, -0.2) is 9.97 Å². The predicted molar refractivity (Wildman–Crippen MR) is 155 cm³/mol. The monoisotopic (exact) mass is 573 g/mol. The molecule has 0 spiro atoms. The quantitative estimate of drug-likeness (QED) is 0.231. The number of amides is 2. The van der Waals surface area contributed by atoms with Crippen molar-refractivity contribution in [1.82, 2.24) is 15.0 Å². The van der Waals surface area contributed by atoms with E-state index in [4.69, 9.17) is 0 Å². The Bertz CT molecular complexity index is 1660. The molecule has 7 nitrogen and oxygen atoms in total. The first-order valence-corrected chi connectivity index (χ1v) is 13.8. The van der Waals surface area contributed by atoms with E-state index in [2.05, 4.69) is 32.5 Å². The molecule has 42 heavy (non-hydrogen) atoms. The predicted octanol–water partition coefficient (Wildman–Crippen LogP) is 7.26. The van der Waals surface area contributed by atoms with Gasteiger partial charge < -0.3 is 10.6 Å². The van der Waals surface area contributed by atoms with Crippen molar-refractivity contribution in [2.24, 2.45) is 5.92 Å². The number of hydrogen-bond acceptors (Lipinski definition) is 5. The molecule has 10 heteroatoms. The van der Waals surface area contributed by atoms with Crippen molar-refractivity contribution in [2.45, 2.75) is 52.6 Å². The fourth-order valence-electron chi connectivity index (χ4n) is 4.77. The second kappa shape index (κ2) is 11.7. The highest BCUT2D eigenvalue weighted by atomic mass is 19.4. The number of aromatic nitrogens is 3. The van der Waals surface area contributed by atoms with Gasteiger partial charge in [0.15, 0.2) is 0 Å². The Morgan fingerprint density at radius 2 is 1.60 bits per heavy atom. The third kappa shape index (κ3) is 6.32. The fourth-order valence-corrected chi connectivity index (χ4v) is 4.77. The molecule has 3 aromatic heterocycles. The number of carbonyl (C=O) groups excluding carboxylic acids is 2. The normalized spacial score (nSPS) is 13.1. The van der Waals surface area contributed by atoms with Gasteiger partial charge in [-0.05, 0) is 96.3 Å². The van der Waals surface area contributed by atoms with Crippen LogP contribution in [0.1, 0.15) is 59.4 Å². The lowest BCUT2D eigenvalue weighted by molar-refractivity contribution is -0.137. The molecule has 1 aliphatic carbocycles. The molecule has 2 N–H and O–H groups in total. The topological polar surface area (TPSA) is 96.9 Å². The fraction of sp³-hybridized carbons (Fsp3) is 0.281. The summed E-state index contributed by atoms with van der Waals surface area (Å²) in [5.74, 6) is 0.0331. The summed E-state index contributed by atoms with van der Waals surface area (Å²) in [6, 6.07) is 12.3. The van der Waals surface area contributed by atoms with Crippen molar-refractivity contribution in [1.29, 1.82) is 0 Å². The highest BCUT2D eigenvalue weighted by Crippen LogP contribution is 2.35. The molecule has 0 aliphatic heterocycles. The van der Waals surface area contributed by atoms with E-state index in [0.717, 1.165) is 64.9 Å². The smallest absolute Gasteiger partial charge is 0.310 e. The molecule has 1 aromatic carbocycles. The molecular weight excluding hydrogens is 543 g/mol. The first-order valence-electron chi connectivity index (χ1n) is 13.8. The first kappa shape index (κ1) is 28.9. The summed E-state index contributed by atoms with van der Waals surface area (Å²) < 4.78 is 39.9. The number of rotatable bonds is 8. The van der Waals surface area contributed by atoms with Crippen LogP contribution in [0, 0.1) is 12.8 Å². The van der Waals surface area contributed by atoms with E-state index in [1.54, 1.807) is 25.4 Å². The van der Waals surface area contributed by atoms with Gasteiger partial charge in [-0.2, -0.15) is 13.2 Å². The van der Waals surface area contributed by atoms with Crippen LogP contribution in [0.5, 0.6) is 0 Å². The van der Waals surface area contributed by atoms with E-state index in [9.17, 15) is 22.8 Å². The average molecular weight is 574 g/mol. The lowest BCUT2D eigenvalue weighted by atomic mass is 9.93. The Morgan fingerprint density at radius 3 is 2.29 bits per heavy atom. The molecule has 1 saturated carbocycles. The summed E-state index contributed by atoms with van der Waals surface area (Å²) in [4.78, 5) is 37.8. The van der Waals surface area contributed by atoms with E-state index in [1.165, 1.54) is 0 Å². The molecular formula is C32H30F3N5O2. The van der Waals surface area contributed by atoms with Gasteiger partial charge in [-0.15, -0.1) is 0 Å². The van der Waals surface area contributed by atoms with Crippen LogP contribution in [-0.4, -0.2) is 26.8 Å². The SMILES string of the molecule is CCc1ccc(-c2cc(NC(=O)c3cc(C(F)(F)F)cnc3CC)ncc2C)cc1-c1ccnc(NC(=O)C2CC2)c1. The Morgan fingerprint density at radius 1 is 0.857 bits per heavy atom. The Kier molecular flexibility index (Phi) is 8.06. The van der Waals surface area contributed by atoms with Crippen LogP contribution < -0.4 is 10.6 Å². The third-order valence-corrected chi connectivity index (χ3v) is 7.29. The number of hydrogen-bond donors (Lipinski definition) is 2. The summed E-state index contributed by atoms with van der Waals surface area (Å²) in [7, 11) is 0. The number of nitrogens with one attached hydrogen (secondary N) is 2. The molecule has 5 rings (SSSR count). The molecule has 1 fully saturated rings. The number of aryl methyl sites for hydroxylation is 3. The number of nitrogens with zero attached hydrogens (tertiary/aromatic N) is 3. The molecule has 0 saturated heterocycles. The van der Waals surface area contributed by atoms with Crippen molar-refractivity contribution in [3.8, 4) is 22.3 Å². The number of carbonyl (C=O) groups is 2. The van der Waals surface area contributed by atoms with Gasteiger partial charge in [-0.1, -0.05) is 26.0 Å². The molecule has 2 amide bonds. The standard InChI is InChI=1S/C32H30F3N5O2/c1-4-19-6-9-21(12-25(19)22-10-11-36-28(13-22)39-30(41)20-7-8-20)24-15-29(38-16-18(24)3)40-31(42)26-14-23(32(33,34)35)17-37-27(26)5-2/h6,9-17,20H,4-5,7-8H2,1-3H3,(H,36,39,41)(H,38,40,42). The van der Waals surface area contributed by atoms with E-state index in [-0.39, 0.29) is 28.9 Å². The van der Waals surface area contributed by atoms with E-state index < -0.39 is 17.6 Å². The van der Waals surface area contributed by atoms with Gasteiger partial charge in [0.1, 0.15) is 11.6 Å². The van der Waals surface area contributed by atoms with Gasteiger partial charge in [0.2, 0.25) is 5.91 Å². The van der Waals surface area contributed by atoms with Crippen LogP contribution in [0.3, 0.4) is 0 Å². The van der Waals surface area contributed by atoms with Crippen LogP contribution in [0.25, 0.3) is 22.3 Å². The number of alkyl halides is 3. The van der Waals surface area contributed by atoms with Crippen LogP contribution in [0.15, 0.2) is 61.1 Å². The number of halogens is 3. The minimum Gasteiger partial charge on any atom is -0.310 e. The molecule has 3 heterocycles. The summed E-state index contributed by atoms with van der Waals surface area (Å²) in [5.41, 5.74) is 4.64. The Hall–Kier alpha value is -4.60. The lowest BCUT2D eigenvalue weighted by Gasteiger charge is -2.15. The minimum atomic E-state index is -4.62. The average Bonchev–Trinajstić information content (AvgIpc) is 3.83. The van der Waals surface area contributed by atoms with E-state index in [1.807, 2.05) is 37.3 Å². The number of anilines is 2. The van der Waals surface area contributed by atoms with E-state index in [0.29, 0.717) is 12.2 Å². The molecule has 0 radical (unpaired) electrons. The third-order valence-electron chi connectivity index (χ3n) is 7.29. The molecule has 216 valence electrons. The lowest BCUT2D eigenvalue weighted by Crippen LogP contribution is -2.18. The van der Waals surface area contributed by atoms with Crippen LogP contribution in [0.2, 0.25) is 0 Å². The minimum absolute atomic E-state index is 0.0157. The zero-order valence-electron chi connectivity index (χ0n) is 23.5. The van der Waals surface area contributed by atoms with Crippen LogP contribution in [0.4, 0.5) is 24.8 Å².